The molecule has 0 saturated carbocycles. The van der Waals surface area contributed by atoms with E-state index in [2.05, 4.69) is 54.6 Å². The molecule has 1 aromatic heterocycles. The van der Waals surface area contributed by atoms with Gasteiger partial charge < -0.3 is 9.67 Å². The van der Waals surface area contributed by atoms with E-state index >= 15 is 0 Å². The van der Waals surface area contributed by atoms with Gasteiger partial charge in [0.15, 0.2) is 0 Å². The third-order valence-electron chi connectivity index (χ3n) is 4.95. The molecule has 3 rings (SSSR count). The molecule has 0 spiro atoms. The van der Waals surface area contributed by atoms with Gasteiger partial charge in [0.1, 0.15) is 0 Å². The Bertz CT molecular complexity index is 617. The van der Waals surface area contributed by atoms with E-state index in [1.807, 2.05) is 0 Å². The molecule has 1 fully saturated rings. The minimum Gasteiger partial charge on any atom is -0.395 e. The second kappa shape index (κ2) is 5.23. The highest BCUT2D eigenvalue weighted by molar-refractivity contribution is 5.86. The van der Waals surface area contributed by atoms with Crippen LogP contribution in [0.25, 0.3) is 10.9 Å². The summed E-state index contributed by atoms with van der Waals surface area (Å²) in [4.78, 5) is 2.41. The van der Waals surface area contributed by atoms with Crippen LogP contribution in [-0.4, -0.2) is 40.3 Å². The molecule has 0 radical (unpaired) electrons. The number of hydrogen-bond acceptors (Lipinski definition) is 2. The zero-order chi connectivity index (χ0) is 14.3. The van der Waals surface area contributed by atoms with Gasteiger partial charge in [-0.2, -0.15) is 0 Å². The molecule has 1 N–H and O–H groups in total. The molecule has 2 atom stereocenters. The summed E-state index contributed by atoms with van der Waals surface area (Å²) in [6, 6.07) is 9.26. The van der Waals surface area contributed by atoms with Gasteiger partial charge in [0.05, 0.1) is 6.61 Å². The Morgan fingerprint density at radius 2 is 2.05 bits per heavy atom. The van der Waals surface area contributed by atoms with Crippen LogP contribution in [0.5, 0.6) is 0 Å². The number of aromatic nitrogens is 1. The molecule has 1 aliphatic heterocycles. The molecule has 3 heteroatoms. The SMILES string of the molecule is Cc1c(C2CC(C)N(CCO)C2)c2ccccc2n1C. The molecule has 1 aromatic carbocycles. The van der Waals surface area contributed by atoms with Gasteiger partial charge in [-0.15, -0.1) is 0 Å². The number of hydrogen-bond donors (Lipinski definition) is 1. The van der Waals surface area contributed by atoms with Crippen LogP contribution in [0.3, 0.4) is 0 Å². The molecule has 2 unspecified atom stereocenters. The van der Waals surface area contributed by atoms with Gasteiger partial charge in [0.25, 0.3) is 0 Å². The van der Waals surface area contributed by atoms with Crippen LogP contribution in [0.4, 0.5) is 0 Å². The Labute approximate surface area is 120 Å². The monoisotopic (exact) mass is 272 g/mol. The molecule has 1 saturated heterocycles. The van der Waals surface area contributed by atoms with Gasteiger partial charge in [0.2, 0.25) is 0 Å². The molecule has 2 aromatic rings. The number of nitrogens with zero attached hydrogens (tertiary/aromatic N) is 2. The highest BCUT2D eigenvalue weighted by atomic mass is 16.3. The average Bonchev–Trinajstić information content (AvgIpc) is 2.91. The van der Waals surface area contributed by atoms with Gasteiger partial charge in [0, 0.05) is 48.7 Å². The maximum atomic E-state index is 9.19. The van der Waals surface area contributed by atoms with Crippen LogP contribution in [0.2, 0.25) is 0 Å². The molecular formula is C17H24N2O. The zero-order valence-electron chi connectivity index (χ0n) is 12.6. The lowest BCUT2D eigenvalue weighted by molar-refractivity contribution is 0.191. The van der Waals surface area contributed by atoms with E-state index < -0.39 is 0 Å². The lowest BCUT2D eigenvalue weighted by Gasteiger charge is -2.19. The Balaban J connectivity index is 2.01. The maximum Gasteiger partial charge on any atom is 0.0558 e. The molecule has 20 heavy (non-hydrogen) atoms. The third-order valence-corrected chi connectivity index (χ3v) is 4.95. The van der Waals surface area contributed by atoms with Crippen molar-refractivity contribution in [3.05, 3.63) is 35.5 Å². The quantitative estimate of drug-likeness (QED) is 0.930. The third kappa shape index (κ3) is 2.05. The van der Waals surface area contributed by atoms with E-state index in [9.17, 15) is 5.11 Å². The summed E-state index contributed by atoms with van der Waals surface area (Å²) in [6.45, 7) is 6.62. The molecule has 0 aliphatic carbocycles. The van der Waals surface area contributed by atoms with Gasteiger partial charge in [-0.25, -0.2) is 0 Å². The molecular weight excluding hydrogens is 248 g/mol. The topological polar surface area (TPSA) is 28.4 Å². The average molecular weight is 272 g/mol. The Morgan fingerprint density at radius 1 is 1.30 bits per heavy atom. The number of β-amino-alcohol motifs (C(OH)–C–C–N with tert-alkyl or cyclic N) is 1. The van der Waals surface area contributed by atoms with Crippen molar-refractivity contribution >= 4 is 10.9 Å². The number of para-hydroxylation sites is 1. The summed E-state index contributed by atoms with van der Waals surface area (Å²) in [6.07, 6.45) is 1.19. The van der Waals surface area contributed by atoms with Crippen molar-refractivity contribution in [3.8, 4) is 0 Å². The fourth-order valence-electron chi connectivity index (χ4n) is 3.81. The Kier molecular flexibility index (Phi) is 3.57. The number of likely N-dealkylation sites (tertiary alicyclic amines) is 1. The first kappa shape index (κ1) is 13.7. The van der Waals surface area contributed by atoms with Crippen LogP contribution in [-0.2, 0) is 7.05 Å². The van der Waals surface area contributed by atoms with Crippen LogP contribution in [0.1, 0.15) is 30.5 Å². The number of aliphatic hydroxyl groups excluding tert-OH is 1. The minimum absolute atomic E-state index is 0.256. The fraction of sp³-hybridized carbons (Fsp3) is 0.529. The molecule has 0 bridgehead atoms. The standard InChI is InChI=1S/C17H24N2O/c1-12-10-14(11-19(12)8-9-20)17-13(2)18(3)16-7-5-4-6-15(16)17/h4-7,12,14,20H,8-11H2,1-3H3. The van der Waals surface area contributed by atoms with E-state index in [1.165, 1.54) is 28.6 Å². The highest BCUT2D eigenvalue weighted by Crippen LogP contribution is 2.38. The van der Waals surface area contributed by atoms with Crippen molar-refractivity contribution in [1.29, 1.82) is 0 Å². The van der Waals surface area contributed by atoms with E-state index in [1.54, 1.807) is 0 Å². The predicted molar refractivity (Wildman–Crippen MR) is 83.1 cm³/mol. The van der Waals surface area contributed by atoms with Crippen LogP contribution in [0, 0.1) is 6.92 Å². The summed E-state index contributed by atoms with van der Waals surface area (Å²) < 4.78 is 2.31. The van der Waals surface area contributed by atoms with Gasteiger partial charge >= 0.3 is 0 Å². The summed E-state index contributed by atoms with van der Waals surface area (Å²) in [7, 11) is 2.16. The van der Waals surface area contributed by atoms with Crippen molar-refractivity contribution in [2.75, 3.05) is 19.7 Å². The van der Waals surface area contributed by atoms with Crippen molar-refractivity contribution in [2.45, 2.75) is 32.2 Å². The summed E-state index contributed by atoms with van der Waals surface area (Å²) >= 11 is 0. The fourth-order valence-corrected chi connectivity index (χ4v) is 3.81. The second-order valence-electron chi connectivity index (χ2n) is 6.08. The summed E-state index contributed by atoms with van der Waals surface area (Å²) in [5.41, 5.74) is 4.22. The number of aliphatic hydroxyl groups is 1. The van der Waals surface area contributed by atoms with E-state index in [4.69, 9.17) is 0 Å². The molecule has 108 valence electrons. The first-order valence-electron chi connectivity index (χ1n) is 7.52. The Hall–Kier alpha value is -1.32. The van der Waals surface area contributed by atoms with Crippen molar-refractivity contribution in [3.63, 3.8) is 0 Å². The normalized spacial score (nSPS) is 23.8. The summed E-state index contributed by atoms with van der Waals surface area (Å²) in [5, 5.41) is 10.6. The van der Waals surface area contributed by atoms with Crippen molar-refractivity contribution < 1.29 is 5.11 Å². The maximum absolute atomic E-state index is 9.19. The summed E-state index contributed by atoms with van der Waals surface area (Å²) in [5.74, 6) is 0.586. The van der Waals surface area contributed by atoms with Gasteiger partial charge in [-0.05, 0) is 31.9 Å². The first-order valence-corrected chi connectivity index (χ1v) is 7.52. The number of rotatable bonds is 3. The van der Waals surface area contributed by atoms with Gasteiger partial charge in [-0.3, -0.25) is 4.90 Å². The lowest BCUT2D eigenvalue weighted by Crippen LogP contribution is -2.29. The van der Waals surface area contributed by atoms with Crippen molar-refractivity contribution in [1.82, 2.24) is 9.47 Å². The lowest BCUT2D eigenvalue weighted by atomic mass is 9.94. The molecule has 1 aliphatic rings. The minimum atomic E-state index is 0.256. The molecule has 2 heterocycles. The number of fused-ring (bicyclic) bond motifs is 1. The number of aryl methyl sites for hydroxylation is 1. The van der Waals surface area contributed by atoms with Gasteiger partial charge in [-0.1, -0.05) is 18.2 Å². The highest BCUT2D eigenvalue weighted by Gasteiger charge is 2.32. The van der Waals surface area contributed by atoms with Crippen LogP contribution < -0.4 is 0 Å². The number of benzene rings is 1. The molecule has 0 amide bonds. The predicted octanol–water partition coefficient (Wildman–Crippen LogP) is 2.66. The zero-order valence-corrected chi connectivity index (χ0v) is 12.6. The largest absolute Gasteiger partial charge is 0.395 e. The van der Waals surface area contributed by atoms with Crippen LogP contribution >= 0.6 is 0 Å². The Morgan fingerprint density at radius 3 is 2.80 bits per heavy atom. The van der Waals surface area contributed by atoms with E-state index in [-0.39, 0.29) is 6.61 Å². The first-order chi connectivity index (χ1) is 9.63. The van der Waals surface area contributed by atoms with Crippen LogP contribution in [0.15, 0.2) is 24.3 Å². The van der Waals surface area contributed by atoms with E-state index in [0.29, 0.717) is 12.0 Å². The van der Waals surface area contributed by atoms with Crippen molar-refractivity contribution in [2.24, 2.45) is 7.05 Å². The molecule has 3 nitrogen and oxygen atoms in total. The van der Waals surface area contributed by atoms with E-state index in [0.717, 1.165) is 13.1 Å². The smallest absolute Gasteiger partial charge is 0.0558 e. The second-order valence-corrected chi connectivity index (χ2v) is 6.08.